The van der Waals surface area contributed by atoms with Crippen LogP contribution in [0.4, 0.5) is 0 Å². The van der Waals surface area contributed by atoms with Gasteiger partial charge in [-0.25, -0.2) is 0 Å². The number of aliphatic hydroxyl groups is 1. The van der Waals surface area contributed by atoms with Crippen LogP contribution in [0.3, 0.4) is 0 Å². The van der Waals surface area contributed by atoms with Gasteiger partial charge in [-0.05, 0) is 5.56 Å². The molecule has 1 rings (SSSR count). The summed E-state index contributed by atoms with van der Waals surface area (Å²) in [5.41, 5.74) is 0.852. The fourth-order valence-electron chi connectivity index (χ4n) is 1.42. The molecule has 0 aliphatic heterocycles. The first-order valence-corrected chi connectivity index (χ1v) is 6.30. The van der Waals surface area contributed by atoms with Crippen LogP contribution < -0.4 is 5.19 Å². The largest absolute Gasteiger partial charge is 0.536 e. The third kappa shape index (κ3) is 2.45. The Bertz CT molecular complexity index is 287. The van der Waals surface area contributed by atoms with Gasteiger partial charge in [-0.1, -0.05) is 24.3 Å². The SMILES string of the molecule is CO[Si](OC)(OC)c1ccc(CO)cc1. The zero-order chi connectivity index (χ0) is 11.3. The highest BCUT2D eigenvalue weighted by Gasteiger charge is 2.40. The van der Waals surface area contributed by atoms with Gasteiger partial charge in [0.1, 0.15) is 0 Å². The van der Waals surface area contributed by atoms with E-state index in [1.165, 1.54) is 0 Å². The van der Waals surface area contributed by atoms with Gasteiger partial charge >= 0.3 is 8.80 Å². The summed E-state index contributed by atoms with van der Waals surface area (Å²) in [5, 5.41) is 9.80. The predicted octanol–water partition coefficient (Wildman–Crippen LogP) is 0.264. The molecular weight excluding hydrogens is 212 g/mol. The highest BCUT2D eigenvalue weighted by molar-refractivity contribution is 6.75. The molecule has 0 radical (unpaired) electrons. The van der Waals surface area contributed by atoms with Crippen LogP contribution in [0.25, 0.3) is 0 Å². The zero-order valence-electron chi connectivity index (χ0n) is 9.19. The maximum absolute atomic E-state index is 8.92. The third-order valence-electron chi connectivity index (χ3n) is 2.30. The zero-order valence-corrected chi connectivity index (χ0v) is 10.2. The van der Waals surface area contributed by atoms with E-state index in [0.29, 0.717) is 0 Å². The average Bonchev–Trinajstić information content (AvgIpc) is 2.33. The van der Waals surface area contributed by atoms with Crippen molar-refractivity contribution < 1.29 is 18.4 Å². The summed E-state index contributed by atoms with van der Waals surface area (Å²) < 4.78 is 16.0. The van der Waals surface area contributed by atoms with Crippen LogP contribution in [-0.4, -0.2) is 35.2 Å². The maximum Gasteiger partial charge on any atom is 0.536 e. The topological polar surface area (TPSA) is 47.9 Å². The Morgan fingerprint density at radius 3 is 1.80 bits per heavy atom. The van der Waals surface area contributed by atoms with Crippen LogP contribution in [0, 0.1) is 0 Å². The summed E-state index contributed by atoms with van der Waals surface area (Å²) in [6.07, 6.45) is 0. The number of rotatable bonds is 5. The van der Waals surface area contributed by atoms with Gasteiger partial charge in [-0.15, -0.1) is 0 Å². The summed E-state index contributed by atoms with van der Waals surface area (Å²) in [5.74, 6) is 0. The van der Waals surface area contributed by atoms with Crippen molar-refractivity contribution in [1.82, 2.24) is 0 Å². The molecule has 0 unspecified atom stereocenters. The van der Waals surface area contributed by atoms with Crippen LogP contribution >= 0.6 is 0 Å². The molecular formula is C10H16O4Si. The third-order valence-corrected chi connectivity index (χ3v) is 4.95. The summed E-state index contributed by atoms with van der Waals surface area (Å²) in [6.45, 7) is 0.0295. The van der Waals surface area contributed by atoms with E-state index in [1.807, 2.05) is 24.3 Å². The van der Waals surface area contributed by atoms with Crippen molar-refractivity contribution in [2.45, 2.75) is 6.61 Å². The van der Waals surface area contributed by atoms with Crippen molar-refractivity contribution in [2.24, 2.45) is 0 Å². The lowest BCUT2D eigenvalue weighted by Crippen LogP contribution is -2.54. The van der Waals surface area contributed by atoms with Gasteiger partial charge in [-0.3, -0.25) is 0 Å². The van der Waals surface area contributed by atoms with Gasteiger partial charge in [0.2, 0.25) is 0 Å². The van der Waals surface area contributed by atoms with E-state index < -0.39 is 8.80 Å². The molecule has 0 atom stereocenters. The van der Waals surface area contributed by atoms with Crippen molar-refractivity contribution in [3.8, 4) is 0 Å². The van der Waals surface area contributed by atoms with E-state index in [-0.39, 0.29) is 6.61 Å². The fraction of sp³-hybridized carbons (Fsp3) is 0.400. The molecule has 0 bridgehead atoms. The second-order valence-electron chi connectivity index (χ2n) is 3.02. The first-order chi connectivity index (χ1) is 7.22. The normalized spacial score (nSPS) is 11.7. The lowest BCUT2D eigenvalue weighted by Gasteiger charge is -2.24. The first kappa shape index (κ1) is 12.3. The first-order valence-electron chi connectivity index (χ1n) is 4.58. The summed E-state index contributed by atoms with van der Waals surface area (Å²) in [6, 6.07) is 7.37. The predicted molar refractivity (Wildman–Crippen MR) is 58.8 cm³/mol. The molecule has 0 heterocycles. The van der Waals surface area contributed by atoms with E-state index in [0.717, 1.165) is 10.8 Å². The van der Waals surface area contributed by atoms with Gasteiger partial charge in [-0.2, -0.15) is 0 Å². The molecule has 5 heteroatoms. The van der Waals surface area contributed by atoms with E-state index >= 15 is 0 Å². The molecule has 1 aromatic carbocycles. The molecule has 4 nitrogen and oxygen atoms in total. The number of aliphatic hydroxyl groups excluding tert-OH is 1. The lowest BCUT2D eigenvalue weighted by atomic mass is 10.2. The highest BCUT2D eigenvalue weighted by atomic mass is 28.4. The molecule has 0 fully saturated rings. The molecule has 84 valence electrons. The molecule has 1 aromatic rings. The lowest BCUT2D eigenvalue weighted by molar-refractivity contribution is 0.140. The Labute approximate surface area is 90.8 Å². The second-order valence-corrected chi connectivity index (χ2v) is 5.94. The van der Waals surface area contributed by atoms with Gasteiger partial charge in [0.05, 0.1) is 6.61 Å². The average molecular weight is 228 g/mol. The number of hydrogen-bond acceptors (Lipinski definition) is 4. The van der Waals surface area contributed by atoms with Crippen molar-refractivity contribution >= 4 is 14.0 Å². The van der Waals surface area contributed by atoms with E-state index in [4.69, 9.17) is 18.4 Å². The van der Waals surface area contributed by atoms with E-state index in [2.05, 4.69) is 0 Å². The fourth-order valence-corrected chi connectivity index (χ4v) is 3.20. The van der Waals surface area contributed by atoms with E-state index in [9.17, 15) is 0 Å². The quantitative estimate of drug-likeness (QED) is 0.735. The van der Waals surface area contributed by atoms with Crippen LogP contribution in [0.15, 0.2) is 24.3 Å². The Balaban J connectivity index is 3.01. The summed E-state index contributed by atoms with van der Waals surface area (Å²) >= 11 is 0. The van der Waals surface area contributed by atoms with Crippen molar-refractivity contribution in [1.29, 1.82) is 0 Å². The van der Waals surface area contributed by atoms with Crippen LogP contribution in [0.5, 0.6) is 0 Å². The summed E-state index contributed by atoms with van der Waals surface area (Å²) in [4.78, 5) is 0. The Kier molecular flexibility index (Phi) is 4.43. The molecule has 1 N–H and O–H groups in total. The Morgan fingerprint density at radius 2 is 1.47 bits per heavy atom. The summed E-state index contributed by atoms with van der Waals surface area (Å²) in [7, 11) is 2.00. The minimum Gasteiger partial charge on any atom is -0.392 e. The van der Waals surface area contributed by atoms with Gasteiger partial charge in [0.15, 0.2) is 0 Å². The Hall–Kier alpha value is -0.723. The van der Waals surface area contributed by atoms with Crippen molar-refractivity contribution in [2.75, 3.05) is 21.3 Å². The van der Waals surface area contributed by atoms with Gasteiger partial charge < -0.3 is 18.4 Å². The van der Waals surface area contributed by atoms with Crippen LogP contribution in [0.1, 0.15) is 5.56 Å². The van der Waals surface area contributed by atoms with Crippen LogP contribution in [0.2, 0.25) is 0 Å². The molecule has 0 aromatic heterocycles. The second kappa shape index (κ2) is 5.39. The molecule has 0 saturated carbocycles. The number of hydrogen-bond donors (Lipinski definition) is 1. The standard InChI is InChI=1S/C10H16O4Si/c1-12-15(13-2,14-3)10-6-4-9(8-11)5-7-10/h4-7,11H,8H2,1-3H3. The highest BCUT2D eigenvalue weighted by Crippen LogP contribution is 2.08. The minimum atomic E-state index is -2.71. The Morgan fingerprint density at radius 1 is 1.00 bits per heavy atom. The molecule has 0 spiro atoms. The smallest absolute Gasteiger partial charge is 0.392 e. The number of benzene rings is 1. The van der Waals surface area contributed by atoms with Gasteiger partial charge in [0, 0.05) is 26.5 Å². The monoisotopic (exact) mass is 228 g/mol. The molecule has 0 aliphatic rings. The van der Waals surface area contributed by atoms with Crippen molar-refractivity contribution in [3.05, 3.63) is 29.8 Å². The molecule has 0 amide bonds. The minimum absolute atomic E-state index is 0.0295. The molecule has 0 aliphatic carbocycles. The molecule has 15 heavy (non-hydrogen) atoms. The van der Waals surface area contributed by atoms with E-state index in [1.54, 1.807) is 21.3 Å². The maximum atomic E-state index is 8.92. The van der Waals surface area contributed by atoms with Gasteiger partial charge in [0.25, 0.3) is 0 Å². The van der Waals surface area contributed by atoms with Crippen LogP contribution in [-0.2, 0) is 19.9 Å². The molecule has 0 saturated heterocycles. The van der Waals surface area contributed by atoms with Crippen molar-refractivity contribution in [3.63, 3.8) is 0 Å².